The molecule has 0 bridgehead atoms. The smallest absolute Gasteiger partial charge is 0.130 e. The van der Waals surface area contributed by atoms with Crippen molar-refractivity contribution in [1.29, 1.82) is 0 Å². The van der Waals surface area contributed by atoms with E-state index in [1.165, 1.54) is 11.1 Å². The second-order valence-corrected chi connectivity index (χ2v) is 5.35. The van der Waals surface area contributed by atoms with Crippen LogP contribution in [0.2, 0.25) is 0 Å². The van der Waals surface area contributed by atoms with Crippen molar-refractivity contribution in [2.45, 2.75) is 39.8 Å². The molecule has 2 rings (SSSR count). The fourth-order valence-electron chi connectivity index (χ4n) is 2.06. The molecular formula is C17H22N2O. The van der Waals surface area contributed by atoms with Crippen molar-refractivity contribution in [3.05, 3.63) is 58.9 Å². The second kappa shape index (κ2) is 6.53. The van der Waals surface area contributed by atoms with Crippen LogP contribution in [0.5, 0.6) is 5.75 Å². The first-order chi connectivity index (χ1) is 9.60. The standard InChI is InChI=1S/C17H22N2O/c1-12(2)16-7-4-13(3)8-17(16)20-11-15-6-5-14(9-18)10-19-15/h4-8,10,12H,9,11,18H2,1-3H3. The summed E-state index contributed by atoms with van der Waals surface area (Å²) in [6.45, 7) is 7.42. The predicted molar refractivity (Wildman–Crippen MR) is 81.7 cm³/mol. The average molecular weight is 270 g/mol. The zero-order valence-corrected chi connectivity index (χ0v) is 12.4. The molecule has 3 heteroatoms. The highest BCUT2D eigenvalue weighted by molar-refractivity contribution is 5.39. The molecular weight excluding hydrogens is 248 g/mol. The Morgan fingerprint density at radius 1 is 1.20 bits per heavy atom. The highest BCUT2D eigenvalue weighted by Crippen LogP contribution is 2.28. The van der Waals surface area contributed by atoms with Gasteiger partial charge in [-0.3, -0.25) is 4.98 Å². The first-order valence-corrected chi connectivity index (χ1v) is 6.97. The molecule has 106 valence electrons. The molecule has 0 amide bonds. The van der Waals surface area contributed by atoms with E-state index in [1.807, 2.05) is 12.1 Å². The van der Waals surface area contributed by atoms with Crippen molar-refractivity contribution < 1.29 is 4.74 Å². The topological polar surface area (TPSA) is 48.1 Å². The van der Waals surface area contributed by atoms with Gasteiger partial charge in [0, 0.05) is 12.7 Å². The lowest BCUT2D eigenvalue weighted by atomic mass is 10.0. The number of aromatic nitrogens is 1. The van der Waals surface area contributed by atoms with Gasteiger partial charge in [0.25, 0.3) is 0 Å². The molecule has 3 nitrogen and oxygen atoms in total. The van der Waals surface area contributed by atoms with E-state index in [2.05, 4.69) is 44.0 Å². The number of nitrogens with zero attached hydrogens (tertiary/aromatic N) is 1. The van der Waals surface area contributed by atoms with Gasteiger partial charge < -0.3 is 10.5 Å². The molecule has 2 N–H and O–H groups in total. The lowest BCUT2D eigenvalue weighted by Crippen LogP contribution is -2.03. The zero-order chi connectivity index (χ0) is 14.5. The summed E-state index contributed by atoms with van der Waals surface area (Å²) in [5.74, 6) is 1.39. The molecule has 0 radical (unpaired) electrons. The molecule has 0 atom stereocenters. The lowest BCUT2D eigenvalue weighted by Gasteiger charge is -2.14. The normalized spacial score (nSPS) is 10.8. The Hall–Kier alpha value is -1.87. The van der Waals surface area contributed by atoms with Crippen molar-refractivity contribution in [2.24, 2.45) is 5.73 Å². The number of pyridine rings is 1. The van der Waals surface area contributed by atoms with Gasteiger partial charge in [-0.05, 0) is 41.7 Å². The molecule has 0 unspecified atom stereocenters. The Morgan fingerprint density at radius 2 is 2.00 bits per heavy atom. The minimum Gasteiger partial charge on any atom is -0.487 e. The Balaban J connectivity index is 2.11. The summed E-state index contributed by atoms with van der Waals surface area (Å²) in [4.78, 5) is 4.36. The van der Waals surface area contributed by atoms with Crippen molar-refractivity contribution in [3.8, 4) is 5.75 Å². The van der Waals surface area contributed by atoms with E-state index in [4.69, 9.17) is 10.5 Å². The summed E-state index contributed by atoms with van der Waals surface area (Å²) in [7, 11) is 0. The maximum absolute atomic E-state index is 5.95. The van der Waals surface area contributed by atoms with Crippen LogP contribution in [0.15, 0.2) is 36.5 Å². The minimum atomic E-state index is 0.443. The fraction of sp³-hybridized carbons (Fsp3) is 0.353. The monoisotopic (exact) mass is 270 g/mol. The molecule has 0 aliphatic rings. The highest BCUT2D eigenvalue weighted by Gasteiger charge is 2.08. The Morgan fingerprint density at radius 3 is 2.60 bits per heavy atom. The molecule has 20 heavy (non-hydrogen) atoms. The van der Waals surface area contributed by atoms with Crippen LogP contribution in [0.25, 0.3) is 0 Å². The molecule has 1 heterocycles. The number of nitrogens with two attached hydrogens (primary N) is 1. The van der Waals surface area contributed by atoms with E-state index in [0.717, 1.165) is 17.0 Å². The van der Waals surface area contributed by atoms with E-state index in [9.17, 15) is 0 Å². The molecule has 0 spiro atoms. The number of ether oxygens (including phenoxy) is 1. The first kappa shape index (κ1) is 14.5. The van der Waals surface area contributed by atoms with Crippen molar-refractivity contribution in [2.75, 3.05) is 0 Å². The minimum absolute atomic E-state index is 0.443. The van der Waals surface area contributed by atoms with E-state index in [-0.39, 0.29) is 0 Å². The van der Waals surface area contributed by atoms with Gasteiger partial charge in [-0.2, -0.15) is 0 Å². The van der Waals surface area contributed by atoms with Gasteiger partial charge >= 0.3 is 0 Å². The number of hydrogen-bond donors (Lipinski definition) is 1. The highest BCUT2D eigenvalue weighted by atomic mass is 16.5. The van der Waals surface area contributed by atoms with Crippen LogP contribution in [0.3, 0.4) is 0 Å². The van der Waals surface area contributed by atoms with Gasteiger partial charge in [-0.1, -0.05) is 32.0 Å². The average Bonchev–Trinajstić information content (AvgIpc) is 2.45. The lowest BCUT2D eigenvalue weighted by molar-refractivity contribution is 0.297. The largest absolute Gasteiger partial charge is 0.487 e. The van der Waals surface area contributed by atoms with Crippen LogP contribution >= 0.6 is 0 Å². The molecule has 0 saturated carbocycles. The molecule has 0 aliphatic carbocycles. The predicted octanol–water partition coefficient (Wildman–Crippen LogP) is 3.55. The third-order valence-electron chi connectivity index (χ3n) is 3.29. The van der Waals surface area contributed by atoms with Crippen LogP contribution in [0.4, 0.5) is 0 Å². The molecule has 1 aromatic heterocycles. The number of aryl methyl sites for hydroxylation is 1. The Labute approximate surface area is 120 Å². The molecule has 0 fully saturated rings. The third-order valence-corrected chi connectivity index (χ3v) is 3.29. The van der Waals surface area contributed by atoms with Crippen LogP contribution < -0.4 is 10.5 Å². The summed E-state index contributed by atoms with van der Waals surface area (Å²) in [5.41, 5.74) is 9.95. The molecule has 0 aliphatic heterocycles. The number of hydrogen-bond acceptors (Lipinski definition) is 3. The van der Waals surface area contributed by atoms with E-state index in [0.29, 0.717) is 19.1 Å². The van der Waals surface area contributed by atoms with Gasteiger partial charge in [-0.25, -0.2) is 0 Å². The van der Waals surface area contributed by atoms with E-state index in [1.54, 1.807) is 6.20 Å². The van der Waals surface area contributed by atoms with E-state index >= 15 is 0 Å². The Bertz CT molecular complexity index is 562. The van der Waals surface area contributed by atoms with Gasteiger partial charge in [0.1, 0.15) is 12.4 Å². The summed E-state index contributed by atoms with van der Waals surface area (Å²) in [6.07, 6.45) is 1.80. The van der Waals surface area contributed by atoms with Crippen LogP contribution in [-0.4, -0.2) is 4.98 Å². The summed E-state index contributed by atoms with van der Waals surface area (Å²) in [5, 5.41) is 0. The quantitative estimate of drug-likeness (QED) is 0.903. The molecule has 1 aromatic carbocycles. The van der Waals surface area contributed by atoms with Crippen LogP contribution in [0.1, 0.15) is 42.1 Å². The van der Waals surface area contributed by atoms with Crippen molar-refractivity contribution >= 4 is 0 Å². The Kier molecular flexibility index (Phi) is 4.74. The SMILES string of the molecule is Cc1ccc(C(C)C)c(OCc2ccc(CN)cn2)c1. The second-order valence-electron chi connectivity index (χ2n) is 5.35. The maximum atomic E-state index is 5.95. The molecule has 0 saturated heterocycles. The fourth-order valence-corrected chi connectivity index (χ4v) is 2.06. The third kappa shape index (κ3) is 3.58. The summed E-state index contributed by atoms with van der Waals surface area (Å²) in [6, 6.07) is 10.3. The van der Waals surface area contributed by atoms with Crippen molar-refractivity contribution in [3.63, 3.8) is 0 Å². The van der Waals surface area contributed by atoms with Gasteiger partial charge in [-0.15, -0.1) is 0 Å². The van der Waals surface area contributed by atoms with E-state index < -0.39 is 0 Å². The molecule has 2 aromatic rings. The van der Waals surface area contributed by atoms with Crippen LogP contribution in [-0.2, 0) is 13.2 Å². The number of rotatable bonds is 5. The van der Waals surface area contributed by atoms with Crippen molar-refractivity contribution in [1.82, 2.24) is 4.98 Å². The first-order valence-electron chi connectivity index (χ1n) is 6.97. The summed E-state index contributed by atoms with van der Waals surface area (Å²) < 4.78 is 5.95. The van der Waals surface area contributed by atoms with Gasteiger partial charge in [0.15, 0.2) is 0 Å². The number of benzene rings is 1. The van der Waals surface area contributed by atoms with Crippen LogP contribution in [0, 0.1) is 6.92 Å². The zero-order valence-electron chi connectivity index (χ0n) is 12.4. The maximum Gasteiger partial charge on any atom is 0.130 e. The van der Waals surface area contributed by atoms with Gasteiger partial charge in [0.2, 0.25) is 0 Å². The summed E-state index contributed by atoms with van der Waals surface area (Å²) >= 11 is 0. The van der Waals surface area contributed by atoms with Gasteiger partial charge in [0.05, 0.1) is 5.69 Å².